The molecule has 2 aromatic carbocycles. The largest absolute Gasteiger partial charge is 0.356 e. The molecule has 1 amide bonds. The quantitative estimate of drug-likeness (QED) is 0.479. The molecule has 0 bridgehead atoms. The lowest BCUT2D eigenvalue weighted by atomic mass is 9.94. The molecule has 0 radical (unpaired) electrons. The van der Waals surface area contributed by atoms with E-state index in [0.29, 0.717) is 19.4 Å². The number of hydrogen-bond donors (Lipinski definition) is 1. The van der Waals surface area contributed by atoms with Gasteiger partial charge in [-0.2, -0.15) is 0 Å². The maximum absolute atomic E-state index is 13.3. The first-order valence-corrected chi connectivity index (χ1v) is 11.0. The number of rotatable bonds is 5. The number of nitrogens with one attached hydrogen (secondary N) is 1. The van der Waals surface area contributed by atoms with Crippen molar-refractivity contribution in [2.24, 2.45) is 0 Å². The SMILES string of the molecule is Cc1cccc([C@H]2c3[nH]c4ccccc4c3CCN2C(=O)C(=O)CCc2ccccc2)n1. The predicted molar refractivity (Wildman–Crippen MR) is 124 cm³/mol. The van der Waals surface area contributed by atoms with E-state index in [-0.39, 0.29) is 12.2 Å². The molecule has 0 spiro atoms. The predicted octanol–water partition coefficient (Wildman–Crippen LogP) is 4.55. The molecular formula is C27H25N3O2. The van der Waals surface area contributed by atoms with Crippen molar-refractivity contribution >= 4 is 22.6 Å². The third kappa shape index (κ3) is 3.71. The van der Waals surface area contributed by atoms with Crippen LogP contribution in [0.1, 0.15) is 40.7 Å². The normalized spacial score (nSPS) is 15.5. The second-order valence-electron chi connectivity index (χ2n) is 8.33. The van der Waals surface area contributed by atoms with Crippen molar-refractivity contribution in [3.8, 4) is 0 Å². The number of amides is 1. The number of carbonyl (C=O) groups excluding carboxylic acids is 2. The van der Waals surface area contributed by atoms with Crippen molar-refractivity contribution < 1.29 is 9.59 Å². The highest BCUT2D eigenvalue weighted by molar-refractivity contribution is 6.36. The number of hydrogen-bond acceptors (Lipinski definition) is 3. The lowest BCUT2D eigenvalue weighted by Gasteiger charge is -2.35. The summed E-state index contributed by atoms with van der Waals surface area (Å²) >= 11 is 0. The Morgan fingerprint density at radius 3 is 2.59 bits per heavy atom. The number of benzene rings is 2. The van der Waals surface area contributed by atoms with Gasteiger partial charge in [0.2, 0.25) is 5.78 Å². The summed E-state index contributed by atoms with van der Waals surface area (Å²) in [6.45, 7) is 2.43. The van der Waals surface area contributed by atoms with E-state index < -0.39 is 11.9 Å². The first kappa shape index (κ1) is 20.2. The number of H-pyrrole nitrogens is 1. The molecule has 5 rings (SSSR count). The van der Waals surface area contributed by atoms with Gasteiger partial charge in [-0.3, -0.25) is 14.6 Å². The highest BCUT2D eigenvalue weighted by atomic mass is 16.2. The number of pyridine rings is 1. The third-order valence-electron chi connectivity index (χ3n) is 6.21. The van der Waals surface area contributed by atoms with Crippen LogP contribution in [0.5, 0.6) is 0 Å². The van der Waals surface area contributed by atoms with Gasteiger partial charge in [0.1, 0.15) is 6.04 Å². The second kappa shape index (κ2) is 8.42. The smallest absolute Gasteiger partial charge is 0.290 e. The summed E-state index contributed by atoms with van der Waals surface area (Å²) in [5.74, 6) is -0.787. The summed E-state index contributed by atoms with van der Waals surface area (Å²) in [7, 11) is 0. The first-order valence-electron chi connectivity index (χ1n) is 11.0. The summed E-state index contributed by atoms with van der Waals surface area (Å²) in [5.41, 5.74) is 5.92. The lowest BCUT2D eigenvalue weighted by Crippen LogP contribution is -2.44. The van der Waals surface area contributed by atoms with E-state index in [9.17, 15) is 9.59 Å². The number of aryl methyl sites for hydroxylation is 2. The van der Waals surface area contributed by atoms with Crippen molar-refractivity contribution in [1.29, 1.82) is 0 Å². The molecule has 1 N–H and O–H groups in total. The average molecular weight is 424 g/mol. The summed E-state index contributed by atoms with van der Waals surface area (Å²) < 4.78 is 0. The van der Waals surface area contributed by atoms with Gasteiger partial charge in [-0.05, 0) is 49.1 Å². The zero-order valence-corrected chi connectivity index (χ0v) is 18.0. The Balaban J connectivity index is 1.49. The van der Waals surface area contributed by atoms with Crippen molar-refractivity contribution in [3.05, 3.63) is 101 Å². The van der Waals surface area contributed by atoms with Gasteiger partial charge in [0.05, 0.1) is 5.69 Å². The van der Waals surface area contributed by atoms with Crippen LogP contribution in [-0.2, 0) is 22.4 Å². The maximum Gasteiger partial charge on any atom is 0.290 e. The maximum atomic E-state index is 13.3. The molecule has 0 saturated heterocycles. The molecule has 1 atom stereocenters. The Hall–Kier alpha value is -3.73. The van der Waals surface area contributed by atoms with E-state index in [4.69, 9.17) is 4.98 Å². The van der Waals surface area contributed by atoms with E-state index in [1.807, 2.05) is 73.7 Å². The highest BCUT2D eigenvalue weighted by Crippen LogP contribution is 2.38. The van der Waals surface area contributed by atoms with Gasteiger partial charge < -0.3 is 9.88 Å². The Morgan fingerprint density at radius 2 is 1.78 bits per heavy atom. The monoisotopic (exact) mass is 423 g/mol. The summed E-state index contributed by atoms with van der Waals surface area (Å²) in [6.07, 6.45) is 1.47. The minimum absolute atomic E-state index is 0.201. The number of aromatic nitrogens is 2. The number of aromatic amines is 1. The number of ketones is 1. The summed E-state index contributed by atoms with van der Waals surface area (Å²) in [5, 5.41) is 1.17. The molecule has 1 aliphatic heterocycles. The van der Waals surface area contributed by atoms with E-state index >= 15 is 0 Å². The van der Waals surface area contributed by atoms with Crippen molar-refractivity contribution in [1.82, 2.24) is 14.9 Å². The fourth-order valence-corrected chi connectivity index (χ4v) is 4.65. The molecule has 5 nitrogen and oxygen atoms in total. The fraction of sp³-hybridized carbons (Fsp3) is 0.222. The van der Waals surface area contributed by atoms with Crippen molar-refractivity contribution in [2.75, 3.05) is 6.54 Å². The third-order valence-corrected chi connectivity index (χ3v) is 6.21. The standard InChI is InChI=1S/C27H25N3O2/c1-18-8-7-13-23(28-18)26-25-21(20-11-5-6-12-22(20)29-25)16-17-30(26)27(32)24(31)15-14-19-9-3-2-4-10-19/h2-13,26,29H,14-17H2,1H3/t26-/m0/s1. The highest BCUT2D eigenvalue weighted by Gasteiger charge is 2.37. The van der Waals surface area contributed by atoms with E-state index in [2.05, 4.69) is 11.1 Å². The lowest BCUT2D eigenvalue weighted by molar-refractivity contribution is -0.146. The number of fused-ring (bicyclic) bond motifs is 3. The summed E-state index contributed by atoms with van der Waals surface area (Å²) in [4.78, 5) is 36.2. The van der Waals surface area contributed by atoms with Crippen LogP contribution >= 0.6 is 0 Å². The number of para-hydroxylation sites is 1. The Kier molecular flexibility index (Phi) is 5.31. The molecule has 0 fully saturated rings. The molecule has 0 unspecified atom stereocenters. The molecule has 2 aromatic heterocycles. The number of Topliss-reactive ketones (excluding diaryl/α,β-unsaturated/α-hetero) is 1. The Bertz CT molecular complexity index is 1290. The fourth-order valence-electron chi connectivity index (χ4n) is 4.65. The van der Waals surface area contributed by atoms with Gasteiger partial charge in [-0.25, -0.2) is 0 Å². The van der Waals surface area contributed by atoms with Crippen molar-refractivity contribution in [2.45, 2.75) is 32.2 Å². The molecular weight excluding hydrogens is 398 g/mol. The van der Waals surface area contributed by atoms with Gasteiger partial charge in [0, 0.05) is 35.3 Å². The first-order chi connectivity index (χ1) is 15.6. The van der Waals surface area contributed by atoms with Crippen LogP contribution in [0, 0.1) is 6.92 Å². The van der Waals surface area contributed by atoms with Crippen LogP contribution in [0.2, 0.25) is 0 Å². The van der Waals surface area contributed by atoms with Crippen LogP contribution in [-0.4, -0.2) is 33.1 Å². The van der Waals surface area contributed by atoms with Crippen LogP contribution in [0.4, 0.5) is 0 Å². The number of nitrogens with zero attached hydrogens (tertiary/aromatic N) is 2. The minimum Gasteiger partial charge on any atom is -0.356 e. The van der Waals surface area contributed by atoms with Crippen LogP contribution < -0.4 is 0 Å². The molecule has 0 saturated carbocycles. The van der Waals surface area contributed by atoms with E-state index in [0.717, 1.165) is 28.2 Å². The molecule has 32 heavy (non-hydrogen) atoms. The Morgan fingerprint density at radius 1 is 1.00 bits per heavy atom. The van der Waals surface area contributed by atoms with Gasteiger partial charge >= 0.3 is 0 Å². The zero-order valence-electron chi connectivity index (χ0n) is 18.0. The average Bonchev–Trinajstić information content (AvgIpc) is 3.21. The molecule has 3 heterocycles. The topological polar surface area (TPSA) is 66.1 Å². The molecule has 160 valence electrons. The second-order valence-corrected chi connectivity index (χ2v) is 8.33. The molecule has 5 heteroatoms. The molecule has 1 aliphatic rings. The molecule has 0 aliphatic carbocycles. The van der Waals surface area contributed by atoms with E-state index in [1.165, 1.54) is 10.9 Å². The minimum atomic E-state index is -0.432. The van der Waals surface area contributed by atoms with Crippen LogP contribution in [0.3, 0.4) is 0 Å². The summed E-state index contributed by atoms with van der Waals surface area (Å²) in [6, 6.07) is 23.4. The molecule has 4 aromatic rings. The van der Waals surface area contributed by atoms with Gasteiger partial charge in [0.15, 0.2) is 0 Å². The van der Waals surface area contributed by atoms with Gasteiger partial charge in [0.25, 0.3) is 5.91 Å². The van der Waals surface area contributed by atoms with Crippen molar-refractivity contribution in [3.63, 3.8) is 0 Å². The Labute approximate surface area is 187 Å². The zero-order chi connectivity index (χ0) is 22.1. The van der Waals surface area contributed by atoms with Crippen LogP contribution in [0.15, 0.2) is 72.8 Å². The van der Waals surface area contributed by atoms with Crippen LogP contribution in [0.25, 0.3) is 10.9 Å². The van der Waals surface area contributed by atoms with E-state index in [1.54, 1.807) is 4.90 Å². The number of carbonyl (C=O) groups is 2. The van der Waals surface area contributed by atoms with Gasteiger partial charge in [-0.15, -0.1) is 0 Å². The van der Waals surface area contributed by atoms with Gasteiger partial charge in [-0.1, -0.05) is 54.6 Å².